The highest BCUT2D eigenvalue weighted by Gasteiger charge is 2.09. The van der Waals surface area contributed by atoms with Gasteiger partial charge in [0, 0.05) is 35.1 Å². The van der Waals surface area contributed by atoms with Crippen molar-refractivity contribution in [2.24, 2.45) is 5.73 Å². The molecule has 4 N–H and O–H groups in total. The zero-order chi connectivity index (χ0) is 13.4. The third kappa shape index (κ3) is 1.79. The minimum absolute atomic E-state index is 0.217. The number of carbonyl (C=O) groups excluding carboxylic acids is 1. The van der Waals surface area contributed by atoms with Crippen molar-refractivity contribution in [1.29, 1.82) is 0 Å². The first-order valence-corrected chi connectivity index (χ1v) is 5.65. The van der Waals surface area contributed by atoms with Crippen LogP contribution < -0.4 is 11.5 Å². The number of rotatable bonds is 2. The van der Waals surface area contributed by atoms with E-state index in [1.54, 1.807) is 35.4 Å². The topological polar surface area (TPSA) is 99.8 Å². The van der Waals surface area contributed by atoms with Crippen LogP contribution in [0.3, 0.4) is 0 Å². The summed E-state index contributed by atoms with van der Waals surface area (Å²) in [5.74, 6) is -0.559. The molecule has 0 atom stereocenters. The summed E-state index contributed by atoms with van der Waals surface area (Å²) in [5.41, 5.74) is 12.8. The Balaban J connectivity index is 2.24. The second-order valence-corrected chi connectivity index (χ2v) is 4.10. The minimum Gasteiger partial charge on any atom is -0.398 e. The van der Waals surface area contributed by atoms with Crippen molar-refractivity contribution in [2.75, 3.05) is 5.73 Å². The van der Waals surface area contributed by atoms with E-state index in [1.807, 2.05) is 12.1 Å². The highest BCUT2D eigenvalue weighted by molar-refractivity contribution is 5.97. The molecule has 6 heteroatoms. The number of nitrogen functional groups attached to an aromatic ring is 1. The summed E-state index contributed by atoms with van der Waals surface area (Å²) in [5, 5.41) is 5.89. The van der Waals surface area contributed by atoms with Crippen LogP contribution in [-0.2, 0) is 0 Å². The zero-order valence-corrected chi connectivity index (χ0v) is 9.95. The molecule has 1 aromatic carbocycles. The summed E-state index contributed by atoms with van der Waals surface area (Å²) in [6.45, 7) is 0. The Morgan fingerprint density at radius 2 is 2.00 bits per heavy atom. The molecule has 0 fully saturated rings. The smallest absolute Gasteiger partial charge is 0.269 e. The fourth-order valence-corrected chi connectivity index (χ4v) is 1.99. The highest BCUT2D eigenvalue weighted by atomic mass is 16.1. The number of hydrogen-bond donors (Lipinski definition) is 2. The molecular weight excluding hydrogens is 242 g/mol. The molecule has 19 heavy (non-hydrogen) atoms. The largest absolute Gasteiger partial charge is 0.398 e. The highest BCUT2D eigenvalue weighted by Crippen LogP contribution is 2.26. The van der Waals surface area contributed by atoms with Gasteiger partial charge in [0.15, 0.2) is 0 Å². The molecule has 0 saturated heterocycles. The molecule has 3 aromatic rings. The Hall–Kier alpha value is -2.89. The number of hydrogen-bond acceptors (Lipinski definition) is 4. The quantitative estimate of drug-likeness (QED) is 0.668. The molecule has 3 rings (SSSR count). The molecule has 2 aromatic heterocycles. The molecule has 2 heterocycles. The fraction of sp³-hybridized carbons (Fsp3) is 0. The number of fused-ring (bicyclic) bond motifs is 1. The van der Waals surface area contributed by atoms with Gasteiger partial charge >= 0.3 is 0 Å². The van der Waals surface area contributed by atoms with E-state index < -0.39 is 5.91 Å². The van der Waals surface area contributed by atoms with Crippen molar-refractivity contribution in [3.8, 4) is 5.69 Å². The summed E-state index contributed by atoms with van der Waals surface area (Å²) in [7, 11) is 0. The summed E-state index contributed by atoms with van der Waals surface area (Å²) in [6, 6.07) is 7.04. The van der Waals surface area contributed by atoms with E-state index in [9.17, 15) is 4.79 Å². The lowest BCUT2D eigenvalue weighted by Gasteiger charge is -2.08. The van der Waals surface area contributed by atoms with E-state index in [2.05, 4.69) is 10.1 Å². The van der Waals surface area contributed by atoms with Gasteiger partial charge in [-0.25, -0.2) is 4.68 Å². The maximum atomic E-state index is 11.1. The van der Waals surface area contributed by atoms with Crippen molar-refractivity contribution in [3.05, 3.63) is 48.5 Å². The SMILES string of the molecule is NC(=O)c1ccn(-c2ccc(N)c3ccncc23)n1. The average Bonchev–Trinajstić information content (AvgIpc) is 2.89. The molecule has 0 spiro atoms. The lowest BCUT2D eigenvalue weighted by Crippen LogP contribution is -2.12. The van der Waals surface area contributed by atoms with Gasteiger partial charge in [-0.15, -0.1) is 0 Å². The van der Waals surface area contributed by atoms with E-state index in [0.29, 0.717) is 5.69 Å². The molecule has 1 amide bonds. The Labute approximate surface area is 108 Å². The van der Waals surface area contributed by atoms with Gasteiger partial charge in [-0.2, -0.15) is 5.10 Å². The molecule has 6 nitrogen and oxygen atoms in total. The maximum Gasteiger partial charge on any atom is 0.269 e. The zero-order valence-electron chi connectivity index (χ0n) is 9.95. The first-order chi connectivity index (χ1) is 9.16. The standard InChI is InChI=1S/C13H11N5O/c14-10-1-2-12(9-7-16-5-3-8(9)10)18-6-4-11(17-18)13(15)19/h1-7H,14H2,(H2,15,19). The summed E-state index contributed by atoms with van der Waals surface area (Å²) in [6.07, 6.45) is 5.07. The van der Waals surface area contributed by atoms with E-state index in [4.69, 9.17) is 11.5 Å². The van der Waals surface area contributed by atoms with Crippen LogP contribution in [0.5, 0.6) is 0 Å². The summed E-state index contributed by atoms with van der Waals surface area (Å²) < 4.78 is 1.59. The first-order valence-electron chi connectivity index (χ1n) is 5.65. The second kappa shape index (κ2) is 4.09. The van der Waals surface area contributed by atoms with E-state index >= 15 is 0 Å². The van der Waals surface area contributed by atoms with Gasteiger partial charge in [-0.05, 0) is 24.3 Å². The van der Waals surface area contributed by atoms with Crippen molar-refractivity contribution in [3.63, 3.8) is 0 Å². The first kappa shape index (κ1) is 11.2. The van der Waals surface area contributed by atoms with Crippen molar-refractivity contribution in [1.82, 2.24) is 14.8 Å². The number of primary amides is 1. The van der Waals surface area contributed by atoms with Gasteiger partial charge in [-0.1, -0.05) is 0 Å². The van der Waals surface area contributed by atoms with Crippen LogP contribution in [-0.4, -0.2) is 20.7 Å². The average molecular weight is 253 g/mol. The molecular formula is C13H11N5O. The predicted molar refractivity (Wildman–Crippen MR) is 71.8 cm³/mol. The number of aromatic nitrogens is 3. The third-order valence-electron chi connectivity index (χ3n) is 2.92. The van der Waals surface area contributed by atoms with Crippen LogP contribution in [0.25, 0.3) is 16.5 Å². The van der Waals surface area contributed by atoms with Crippen LogP contribution >= 0.6 is 0 Å². The van der Waals surface area contributed by atoms with Gasteiger partial charge in [0.05, 0.1) is 5.69 Å². The summed E-state index contributed by atoms with van der Waals surface area (Å²) in [4.78, 5) is 15.2. The molecule has 0 radical (unpaired) electrons. The molecule has 0 aliphatic heterocycles. The lowest BCUT2D eigenvalue weighted by atomic mass is 10.1. The van der Waals surface area contributed by atoms with E-state index in [1.165, 1.54) is 0 Å². The monoisotopic (exact) mass is 253 g/mol. The number of benzene rings is 1. The van der Waals surface area contributed by atoms with Crippen molar-refractivity contribution < 1.29 is 4.79 Å². The number of nitrogens with two attached hydrogens (primary N) is 2. The van der Waals surface area contributed by atoms with Gasteiger partial charge in [-0.3, -0.25) is 9.78 Å². The molecule has 0 aliphatic carbocycles. The molecule has 0 aliphatic rings. The van der Waals surface area contributed by atoms with Gasteiger partial charge < -0.3 is 11.5 Å². The Morgan fingerprint density at radius 3 is 2.74 bits per heavy atom. The number of nitrogens with zero attached hydrogens (tertiary/aromatic N) is 3. The van der Waals surface area contributed by atoms with Crippen LogP contribution in [0.4, 0.5) is 5.69 Å². The van der Waals surface area contributed by atoms with Crippen molar-refractivity contribution in [2.45, 2.75) is 0 Å². The number of amides is 1. The number of anilines is 1. The van der Waals surface area contributed by atoms with E-state index in [0.717, 1.165) is 16.5 Å². The second-order valence-electron chi connectivity index (χ2n) is 4.10. The van der Waals surface area contributed by atoms with E-state index in [-0.39, 0.29) is 5.69 Å². The minimum atomic E-state index is -0.559. The van der Waals surface area contributed by atoms with Crippen LogP contribution in [0.2, 0.25) is 0 Å². The normalized spacial score (nSPS) is 10.7. The maximum absolute atomic E-state index is 11.1. The van der Waals surface area contributed by atoms with Gasteiger partial charge in [0.25, 0.3) is 5.91 Å². The molecule has 0 bridgehead atoms. The third-order valence-corrected chi connectivity index (χ3v) is 2.92. The van der Waals surface area contributed by atoms with Gasteiger partial charge in [0.2, 0.25) is 0 Å². The number of carbonyl (C=O) groups is 1. The predicted octanol–water partition coefficient (Wildman–Crippen LogP) is 1.10. The molecule has 0 unspecified atom stereocenters. The fourth-order valence-electron chi connectivity index (χ4n) is 1.99. The lowest BCUT2D eigenvalue weighted by molar-refractivity contribution is 0.0995. The Bertz CT molecular complexity index is 778. The number of pyridine rings is 1. The molecule has 94 valence electrons. The van der Waals surface area contributed by atoms with Crippen molar-refractivity contribution >= 4 is 22.4 Å². The Morgan fingerprint density at radius 1 is 1.16 bits per heavy atom. The van der Waals surface area contributed by atoms with Crippen LogP contribution in [0, 0.1) is 0 Å². The van der Waals surface area contributed by atoms with Crippen LogP contribution in [0.1, 0.15) is 10.5 Å². The van der Waals surface area contributed by atoms with Crippen LogP contribution in [0.15, 0.2) is 42.9 Å². The molecule has 0 saturated carbocycles. The Kier molecular flexibility index (Phi) is 2.42. The van der Waals surface area contributed by atoms with Gasteiger partial charge in [0.1, 0.15) is 5.69 Å². The summed E-state index contributed by atoms with van der Waals surface area (Å²) >= 11 is 0.